The molecule has 2 N–H and O–H groups in total. The zero-order valence-corrected chi connectivity index (χ0v) is 10.8. The van der Waals surface area contributed by atoms with Gasteiger partial charge in [0.05, 0.1) is 13.2 Å². The van der Waals surface area contributed by atoms with Crippen molar-refractivity contribution in [2.24, 2.45) is 0 Å². The predicted octanol–water partition coefficient (Wildman–Crippen LogP) is 0.981. The number of piperidine rings is 1. The van der Waals surface area contributed by atoms with Crippen LogP contribution in [0.15, 0.2) is 12.1 Å². The van der Waals surface area contributed by atoms with Gasteiger partial charge in [0.15, 0.2) is 11.5 Å². The van der Waals surface area contributed by atoms with E-state index in [-0.39, 0.29) is 17.6 Å². The number of fused-ring (bicyclic) bond motifs is 2. The fourth-order valence-corrected chi connectivity index (χ4v) is 3.05. The molecule has 0 amide bonds. The van der Waals surface area contributed by atoms with Crippen LogP contribution in [0.25, 0.3) is 0 Å². The molecule has 0 aliphatic carbocycles. The molecule has 0 bridgehead atoms. The van der Waals surface area contributed by atoms with E-state index in [2.05, 4.69) is 4.90 Å². The summed E-state index contributed by atoms with van der Waals surface area (Å²) < 4.78 is 5.10. The van der Waals surface area contributed by atoms with Crippen LogP contribution < -0.4 is 4.74 Å². The van der Waals surface area contributed by atoms with Gasteiger partial charge in [0.2, 0.25) is 0 Å². The highest BCUT2D eigenvalue weighted by Gasteiger charge is 2.39. The minimum absolute atomic E-state index is 0.0920. The van der Waals surface area contributed by atoms with Crippen LogP contribution in [0.5, 0.6) is 11.5 Å². The normalized spacial score (nSPS) is 26.7. The lowest BCUT2D eigenvalue weighted by molar-refractivity contribution is -0.126. The first-order valence-corrected chi connectivity index (χ1v) is 6.44. The Morgan fingerprint density at radius 2 is 2.21 bits per heavy atom. The summed E-state index contributed by atoms with van der Waals surface area (Å²) in [5, 5.41) is 20.6. The Bertz CT molecular complexity index is 528. The standard InChI is InChI=1S/C14H17NO4/c1-19-12-3-2-9-10(14(12)18)7-15-5-4-8(16)6-11(15)13(9)17/h2-3,11,13,17-18H,4-7H2,1H3/t11-,13+/m0/s1. The first-order chi connectivity index (χ1) is 9.11. The average molecular weight is 263 g/mol. The summed E-state index contributed by atoms with van der Waals surface area (Å²) in [7, 11) is 1.50. The van der Waals surface area contributed by atoms with Crippen molar-refractivity contribution < 1.29 is 19.7 Å². The number of phenols is 1. The van der Waals surface area contributed by atoms with Gasteiger partial charge in [-0.05, 0) is 11.6 Å². The van der Waals surface area contributed by atoms with Gasteiger partial charge in [0.25, 0.3) is 0 Å². The Hall–Kier alpha value is -1.59. The van der Waals surface area contributed by atoms with Crippen LogP contribution in [0.3, 0.4) is 0 Å². The molecule has 0 saturated carbocycles. The van der Waals surface area contributed by atoms with E-state index in [1.165, 1.54) is 7.11 Å². The molecule has 0 radical (unpaired) electrons. The summed E-state index contributed by atoms with van der Waals surface area (Å²) in [5.41, 5.74) is 1.41. The van der Waals surface area contributed by atoms with Gasteiger partial charge in [-0.15, -0.1) is 0 Å². The minimum atomic E-state index is -0.732. The van der Waals surface area contributed by atoms with E-state index >= 15 is 0 Å². The Morgan fingerprint density at radius 1 is 1.42 bits per heavy atom. The van der Waals surface area contributed by atoms with E-state index in [9.17, 15) is 15.0 Å². The monoisotopic (exact) mass is 263 g/mol. The highest BCUT2D eigenvalue weighted by atomic mass is 16.5. The maximum Gasteiger partial charge on any atom is 0.162 e. The number of carbonyl (C=O) groups is 1. The van der Waals surface area contributed by atoms with Crippen LogP contribution in [0, 0.1) is 0 Å². The van der Waals surface area contributed by atoms with E-state index < -0.39 is 6.10 Å². The van der Waals surface area contributed by atoms with Gasteiger partial charge in [-0.3, -0.25) is 9.69 Å². The summed E-state index contributed by atoms with van der Waals surface area (Å²) in [4.78, 5) is 13.6. The summed E-state index contributed by atoms with van der Waals surface area (Å²) in [6, 6.07) is 3.26. The molecule has 1 aromatic rings. The molecule has 2 aliphatic heterocycles. The van der Waals surface area contributed by atoms with Gasteiger partial charge in [0, 0.05) is 37.5 Å². The summed E-state index contributed by atoms with van der Waals surface area (Å²) >= 11 is 0. The van der Waals surface area contributed by atoms with E-state index in [0.29, 0.717) is 42.8 Å². The number of ketones is 1. The lowest BCUT2D eigenvalue weighted by Crippen LogP contribution is -2.48. The molecule has 2 atom stereocenters. The van der Waals surface area contributed by atoms with Gasteiger partial charge >= 0.3 is 0 Å². The van der Waals surface area contributed by atoms with Gasteiger partial charge in [-0.1, -0.05) is 6.07 Å². The van der Waals surface area contributed by atoms with Crippen LogP contribution in [-0.4, -0.2) is 40.6 Å². The fraction of sp³-hybridized carbons (Fsp3) is 0.500. The highest BCUT2D eigenvalue weighted by Crippen LogP contribution is 2.42. The van der Waals surface area contributed by atoms with Crippen molar-refractivity contribution in [1.29, 1.82) is 0 Å². The third-order valence-corrected chi connectivity index (χ3v) is 4.13. The number of carbonyl (C=O) groups excluding carboxylic acids is 1. The number of hydrogen-bond donors (Lipinski definition) is 2. The number of aliphatic hydroxyl groups excluding tert-OH is 1. The highest BCUT2D eigenvalue weighted by molar-refractivity contribution is 5.80. The van der Waals surface area contributed by atoms with E-state index in [4.69, 9.17) is 4.74 Å². The number of phenolic OH excluding ortho intramolecular Hbond substituents is 1. The number of methoxy groups -OCH3 is 1. The molecule has 3 rings (SSSR count). The molecule has 102 valence electrons. The van der Waals surface area contributed by atoms with Crippen molar-refractivity contribution in [2.75, 3.05) is 13.7 Å². The fourth-order valence-electron chi connectivity index (χ4n) is 3.05. The first-order valence-electron chi connectivity index (χ1n) is 6.44. The second kappa shape index (κ2) is 4.51. The van der Waals surface area contributed by atoms with Gasteiger partial charge in [-0.2, -0.15) is 0 Å². The molecular weight excluding hydrogens is 246 g/mol. The summed E-state index contributed by atoms with van der Waals surface area (Å²) in [5.74, 6) is 0.702. The van der Waals surface area contributed by atoms with Gasteiger partial charge in [-0.25, -0.2) is 0 Å². The van der Waals surface area contributed by atoms with Crippen LogP contribution in [0.2, 0.25) is 0 Å². The van der Waals surface area contributed by atoms with Crippen LogP contribution in [0.4, 0.5) is 0 Å². The summed E-state index contributed by atoms with van der Waals surface area (Å²) in [6.45, 7) is 1.18. The zero-order valence-electron chi connectivity index (χ0n) is 10.8. The Balaban J connectivity index is 2.03. The largest absolute Gasteiger partial charge is 0.504 e. The van der Waals surface area contributed by atoms with Crippen molar-refractivity contribution in [3.8, 4) is 11.5 Å². The van der Waals surface area contributed by atoms with Crippen molar-refractivity contribution in [3.63, 3.8) is 0 Å². The van der Waals surface area contributed by atoms with Gasteiger partial charge in [0.1, 0.15) is 5.78 Å². The van der Waals surface area contributed by atoms with Crippen LogP contribution >= 0.6 is 0 Å². The van der Waals surface area contributed by atoms with Crippen molar-refractivity contribution in [3.05, 3.63) is 23.3 Å². The molecule has 0 unspecified atom stereocenters. The SMILES string of the molecule is COc1ccc2c(c1O)CN1CCC(=O)C[C@H]1[C@@H]2O. The molecule has 2 heterocycles. The minimum Gasteiger partial charge on any atom is -0.504 e. The molecule has 5 heteroatoms. The van der Waals surface area contributed by atoms with Crippen molar-refractivity contribution in [1.82, 2.24) is 4.90 Å². The molecule has 19 heavy (non-hydrogen) atoms. The summed E-state index contributed by atoms with van der Waals surface area (Å²) in [6.07, 6.45) is 0.168. The van der Waals surface area contributed by atoms with E-state index in [1.54, 1.807) is 12.1 Å². The molecule has 2 aliphatic rings. The number of aliphatic hydroxyl groups is 1. The number of rotatable bonds is 1. The second-order valence-electron chi connectivity index (χ2n) is 5.16. The third kappa shape index (κ3) is 1.89. The van der Waals surface area contributed by atoms with Crippen molar-refractivity contribution in [2.45, 2.75) is 31.5 Å². The third-order valence-electron chi connectivity index (χ3n) is 4.13. The quantitative estimate of drug-likeness (QED) is 0.790. The number of benzene rings is 1. The lowest BCUT2D eigenvalue weighted by atomic mass is 9.85. The molecule has 1 aromatic carbocycles. The van der Waals surface area contributed by atoms with E-state index in [1.807, 2.05) is 0 Å². The van der Waals surface area contributed by atoms with Crippen LogP contribution in [0.1, 0.15) is 30.1 Å². The lowest BCUT2D eigenvalue weighted by Gasteiger charge is -2.42. The molecule has 0 aromatic heterocycles. The predicted molar refractivity (Wildman–Crippen MR) is 68.1 cm³/mol. The molecular formula is C14H17NO4. The molecule has 5 nitrogen and oxygen atoms in total. The maximum absolute atomic E-state index is 11.5. The number of nitrogens with zero attached hydrogens (tertiary/aromatic N) is 1. The zero-order chi connectivity index (χ0) is 13.6. The average Bonchev–Trinajstić information content (AvgIpc) is 2.41. The Kier molecular flexibility index (Phi) is 2.95. The first kappa shape index (κ1) is 12.4. The second-order valence-corrected chi connectivity index (χ2v) is 5.16. The number of Topliss-reactive ketones (excluding diaryl/α,β-unsaturated/α-hetero) is 1. The molecule has 0 spiro atoms. The van der Waals surface area contributed by atoms with Crippen LogP contribution in [-0.2, 0) is 11.3 Å². The van der Waals surface area contributed by atoms with E-state index in [0.717, 1.165) is 0 Å². The maximum atomic E-state index is 11.5. The number of ether oxygens (including phenoxy) is 1. The Morgan fingerprint density at radius 3 is 2.95 bits per heavy atom. The number of hydrogen-bond acceptors (Lipinski definition) is 5. The van der Waals surface area contributed by atoms with Crippen molar-refractivity contribution >= 4 is 5.78 Å². The number of aromatic hydroxyl groups is 1. The smallest absolute Gasteiger partial charge is 0.162 e. The van der Waals surface area contributed by atoms with Gasteiger partial charge < -0.3 is 14.9 Å². The topological polar surface area (TPSA) is 70.0 Å². The molecule has 1 fully saturated rings. The Labute approximate surface area is 111 Å². The molecule has 1 saturated heterocycles.